The van der Waals surface area contributed by atoms with E-state index in [9.17, 15) is 0 Å². The number of dihydropyridines is 1. The number of nitrogens with one attached hydrogen (secondary N) is 1. The highest BCUT2D eigenvalue weighted by Gasteiger charge is 2.18. The Labute approximate surface area is 60.8 Å². The van der Waals surface area contributed by atoms with Gasteiger partial charge in [0.05, 0.1) is 0 Å². The lowest BCUT2D eigenvalue weighted by Crippen LogP contribution is -2.50. The van der Waals surface area contributed by atoms with Gasteiger partial charge in [-0.2, -0.15) is 0 Å². The summed E-state index contributed by atoms with van der Waals surface area (Å²) in [6.45, 7) is 2.02. The lowest BCUT2D eigenvalue weighted by atomic mass is 10.1. The van der Waals surface area contributed by atoms with Crippen LogP contribution in [0.3, 0.4) is 0 Å². The van der Waals surface area contributed by atoms with Gasteiger partial charge < -0.3 is 16.8 Å². The Balaban J connectivity index is 2.67. The van der Waals surface area contributed by atoms with Gasteiger partial charge in [0.15, 0.2) is 0 Å². The summed E-state index contributed by atoms with van der Waals surface area (Å²) >= 11 is 0. The van der Waals surface area contributed by atoms with Gasteiger partial charge in [0, 0.05) is 11.9 Å². The average molecular weight is 139 g/mol. The van der Waals surface area contributed by atoms with Crippen molar-refractivity contribution in [3.05, 3.63) is 24.0 Å². The molecule has 0 bridgehead atoms. The third-order valence-electron chi connectivity index (χ3n) is 1.67. The molecule has 0 saturated heterocycles. The third kappa shape index (κ3) is 1.30. The van der Waals surface area contributed by atoms with Gasteiger partial charge >= 0.3 is 0 Å². The van der Waals surface area contributed by atoms with Crippen molar-refractivity contribution in [2.75, 3.05) is 0 Å². The molecule has 1 heterocycles. The fourth-order valence-electron chi connectivity index (χ4n) is 0.779. The first-order valence-corrected chi connectivity index (χ1v) is 3.38. The van der Waals surface area contributed by atoms with E-state index in [1.165, 1.54) is 0 Å². The summed E-state index contributed by atoms with van der Waals surface area (Å²) in [5.41, 5.74) is 11.6. The van der Waals surface area contributed by atoms with Crippen molar-refractivity contribution in [1.82, 2.24) is 5.32 Å². The molecule has 10 heavy (non-hydrogen) atoms. The van der Waals surface area contributed by atoms with E-state index in [1.54, 1.807) is 6.20 Å². The Kier molecular flexibility index (Phi) is 1.68. The summed E-state index contributed by atoms with van der Waals surface area (Å²) in [5, 5.41) is 3.00. The molecule has 0 fully saturated rings. The Hall–Kier alpha value is -0.960. The molecule has 0 radical (unpaired) electrons. The molecule has 0 saturated carbocycles. The molecular weight excluding hydrogens is 126 g/mol. The Bertz CT molecular complexity index is 183. The summed E-state index contributed by atoms with van der Waals surface area (Å²) in [6.07, 6.45) is 6.28. The summed E-state index contributed by atoms with van der Waals surface area (Å²) < 4.78 is 0. The molecule has 0 aliphatic carbocycles. The van der Waals surface area contributed by atoms with Crippen LogP contribution in [0.5, 0.6) is 0 Å². The predicted octanol–water partition coefficient (Wildman–Crippen LogP) is 0.0109. The minimum absolute atomic E-state index is 0.386. The molecule has 56 valence electrons. The minimum Gasteiger partial charge on any atom is -0.398 e. The highest BCUT2D eigenvalue weighted by molar-refractivity contribution is 5.24. The van der Waals surface area contributed by atoms with Gasteiger partial charge in [-0.15, -0.1) is 0 Å². The maximum Gasteiger partial charge on any atom is 0.105 e. The summed E-state index contributed by atoms with van der Waals surface area (Å²) in [5.74, 6) is 0. The molecule has 1 atom stereocenters. The molecule has 0 amide bonds. The first-order chi connectivity index (χ1) is 4.66. The van der Waals surface area contributed by atoms with Crippen molar-refractivity contribution in [2.45, 2.75) is 19.0 Å². The minimum atomic E-state index is -0.386. The zero-order valence-corrected chi connectivity index (χ0v) is 6.09. The van der Waals surface area contributed by atoms with Gasteiger partial charge in [0.2, 0.25) is 0 Å². The lowest BCUT2D eigenvalue weighted by molar-refractivity contribution is 0.451. The van der Waals surface area contributed by atoms with Crippen molar-refractivity contribution in [1.29, 1.82) is 0 Å². The smallest absolute Gasteiger partial charge is 0.105 e. The van der Waals surface area contributed by atoms with Crippen molar-refractivity contribution in [2.24, 2.45) is 11.5 Å². The van der Waals surface area contributed by atoms with Crippen LogP contribution in [0.4, 0.5) is 0 Å². The Morgan fingerprint density at radius 2 is 2.40 bits per heavy atom. The van der Waals surface area contributed by atoms with E-state index in [-0.39, 0.29) is 5.66 Å². The molecule has 3 nitrogen and oxygen atoms in total. The van der Waals surface area contributed by atoms with Crippen LogP contribution in [-0.4, -0.2) is 5.66 Å². The topological polar surface area (TPSA) is 64.1 Å². The van der Waals surface area contributed by atoms with Gasteiger partial charge in [0.1, 0.15) is 5.66 Å². The second-order valence-corrected chi connectivity index (χ2v) is 2.52. The number of allylic oxidation sites excluding steroid dienone is 1. The summed E-state index contributed by atoms with van der Waals surface area (Å²) in [4.78, 5) is 0. The second kappa shape index (κ2) is 2.34. The van der Waals surface area contributed by atoms with Gasteiger partial charge in [-0.25, -0.2) is 0 Å². The molecule has 1 aliphatic rings. The van der Waals surface area contributed by atoms with E-state index in [0.717, 1.165) is 12.1 Å². The fraction of sp³-hybridized carbons (Fsp3) is 0.429. The van der Waals surface area contributed by atoms with Crippen LogP contribution in [0.2, 0.25) is 0 Å². The molecule has 0 aromatic heterocycles. The van der Waals surface area contributed by atoms with E-state index >= 15 is 0 Å². The zero-order chi connectivity index (χ0) is 7.61. The van der Waals surface area contributed by atoms with Gasteiger partial charge in [-0.3, -0.25) is 0 Å². The second-order valence-electron chi connectivity index (χ2n) is 2.52. The Morgan fingerprint density at radius 1 is 1.70 bits per heavy atom. The van der Waals surface area contributed by atoms with Crippen molar-refractivity contribution in [3.8, 4) is 0 Å². The van der Waals surface area contributed by atoms with E-state index in [2.05, 4.69) is 5.32 Å². The van der Waals surface area contributed by atoms with Crippen LogP contribution in [-0.2, 0) is 0 Å². The third-order valence-corrected chi connectivity index (χ3v) is 1.67. The van der Waals surface area contributed by atoms with Crippen LogP contribution in [0.15, 0.2) is 24.0 Å². The number of hydrogen-bond donors (Lipinski definition) is 3. The largest absolute Gasteiger partial charge is 0.398 e. The van der Waals surface area contributed by atoms with Crippen LogP contribution in [0, 0.1) is 0 Å². The Morgan fingerprint density at radius 3 is 2.80 bits per heavy atom. The van der Waals surface area contributed by atoms with E-state index in [0.29, 0.717) is 0 Å². The first kappa shape index (κ1) is 7.15. The molecule has 5 N–H and O–H groups in total. The number of hydrogen-bond acceptors (Lipinski definition) is 3. The van der Waals surface area contributed by atoms with Crippen LogP contribution >= 0.6 is 0 Å². The number of rotatable bonds is 1. The molecule has 0 aromatic rings. The van der Waals surface area contributed by atoms with Gasteiger partial charge in [-0.05, 0) is 18.6 Å². The monoisotopic (exact) mass is 139 g/mol. The quantitative estimate of drug-likeness (QED) is 0.479. The molecular formula is C7H13N3. The molecule has 3 heteroatoms. The molecule has 1 unspecified atom stereocenters. The summed E-state index contributed by atoms with van der Waals surface area (Å²) in [6, 6.07) is 0. The maximum absolute atomic E-state index is 5.82. The maximum atomic E-state index is 5.82. The SMILES string of the molecule is CCC1(N)C=CC(N)=CN1. The van der Waals surface area contributed by atoms with Crippen molar-refractivity contribution < 1.29 is 0 Å². The zero-order valence-electron chi connectivity index (χ0n) is 6.09. The van der Waals surface area contributed by atoms with E-state index in [1.807, 2.05) is 19.1 Å². The van der Waals surface area contributed by atoms with Crippen LogP contribution < -0.4 is 16.8 Å². The normalized spacial score (nSPS) is 31.2. The predicted molar refractivity (Wildman–Crippen MR) is 41.8 cm³/mol. The molecule has 0 aromatic carbocycles. The standard InChI is InChI=1S/C7H13N3/c1-2-7(9)4-3-6(8)5-10-7/h3-5,10H,2,8-9H2,1H3. The molecule has 1 rings (SSSR count). The summed E-state index contributed by atoms with van der Waals surface area (Å²) in [7, 11) is 0. The van der Waals surface area contributed by atoms with E-state index < -0.39 is 0 Å². The van der Waals surface area contributed by atoms with Crippen LogP contribution in [0.25, 0.3) is 0 Å². The lowest BCUT2D eigenvalue weighted by Gasteiger charge is -2.27. The van der Waals surface area contributed by atoms with Crippen LogP contribution in [0.1, 0.15) is 13.3 Å². The van der Waals surface area contributed by atoms with Crippen molar-refractivity contribution >= 4 is 0 Å². The first-order valence-electron chi connectivity index (χ1n) is 3.38. The highest BCUT2D eigenvalue weighted by Crippen LogP contribution is 2.08. The van der Waals surface area contributed by atoms with Crippen molar-refractivity contribution in [3.63, 3.8) is 0 Å². The fourth-order valence-corrected chi connectivity index (χ4v) is 0.779. The van der Waals surface area contributed by atoms with E-state index in [4.69, 9.17) is 11.5 Å². The average Bonchev–Trinajstić information content (AvgIpc) is 1.96. The van der Waals surface area contributed by atoms with Gasteiger partial charge in [-0.1, -0.05) is 6.92 Å². The molecule has 1 aliphatic heterocycles. The number of nitrogens with two attached hydrogens (primary N) is 2. The highest BCUT2D eigenvalue weighted by atomic mass is 15.1. The van der Waals surface area contributed by atoms with Gasteiger partial charge in [0.25, 0.3) is 0 Å². The molecule has 0 spiro atoms.